The van der Waals surface area contributed by atoms with Gasteiger partial charge in [0.1, 0.15) is 5.75 Å². The van der Waals surface area contributed by atoms with Gasteiger partial charge in [0.2, 0.25) is 0 Å². The predicted molar refractivity (Wildman–Crippen MR) is 150 cm³/mol. The summed E-state index contributed by atoms with van der Waals surface area (Å²) in [5.41, 5.74) is 3.39. The van der Waals surface area contributed by atoms with E-state index in [-0.39, 0.29) is 30.2 Å². The highest BCUT2D eigenvalue weighted by Crippen LogP contribution is 2.34. The molecule has 0 spiro atoms. The van der Waals surface area contributed by atoms with Crippen molar-refractivity contribution in [1.29, 1.82) is 0 Å². The van der Waals surface area contributed by atoms with Crippen LogP contribution in [0.5, 0.6) is 5.75 Å². The number of hydrogen-bond donors (Lipinski definition) is 1. The van der Waals surface area contributed by atoms with Crippen LogP contribution in [0.2, 0.25) is 0 Å². The smallest absolute Gasteiger partial charge is 0.293 e. The van der Waals surface area contributed by atoms with Crippen molar-refractivity contribution in [3.05, 3.63) is 96.4 Å². The van der Waals surface area contributed by atoms with Crippen LogP contribution >= 0.6 is 50.3 Å². The number of carbonyl (C=O) groups is 3. The highest BCUT2D eigenvalue weighted by atomic mass is 127. The van der Waals surface area contributed by atoms with Crippen LogP contribution in [-0.2, 0) is 16.1 Å². The molecule has 0 aromatic heterocycles. The van der Waals surface area contributed by atoms with Gasteiger partial charge < -0.3 is 10.1 Å². The molecule has 0 atom stereocenters. The first-order chi connectivity index (χ1) is 16.8. The molecule has 1 saturated heterocycles. The fourth-order valence-electron chi connectivity index (χ4n) is 3.35. The number of ether oxygens (including phenoxy) is 1. The second kappa shape index (κ2) is 11.4. The molecule has 1 fully saturated rings. The van der Waals surface area contributed by atoms with Gasteiger partial charge in [-0.2, -0.15) is 0 Å². The first-order valence-electron chi connectivity index (χ1n) is 10.6. The Morgan fingerprint density at radius 3 is 2.60 bits per heavy atom. The van der Waals surface area contributed by atoms with Crippen LogP contribution in [0.15, 0.2) is 76.1 Å². The third kappa shape index (κ3) is 6.74. The number of benzene rings is 3. The zero-order chi connectivity index (χ0) is 24.9. The maximum Gasteiger partial charge on any atom is 0.293 e. The molecule has 3 amide bonds. The molecule has 3 aromatic rings. The zero-order valence-electron chi connectivity index (χ0n) is 18.6. The molecule has 0 saturated carbocycles. The molecule has 0 unspecified atom stereocenters. The number of imide groups is 1. The van der Waals surface area contributed by atoms with Gasteiger partial charge in [-0.1, -0.05) is 30.3 Å². The molecule has 6 nitrogen and oxygen atoms in total. The molecular formula is C26H20BrIN2O4S. The molecule has 1 aliphatic heterocycles. The lowest BCUT2D eigenvalue weighted by Crippen LogP contribution is -2.27. The fraction of sp³-hybridized carbons (Fsp3) is 0.115. The van der Waals surface area contributed by atoms with E-state index in [9.17, 15) is 14.4 Å². The van der Waals surface area contributed by atoms with Gasteiger partial charge in [-0.25, -0.2) is 0 Å². The molecule has 0 bridgehead atoms. The third-order valence-electron chi connectivity index (χ3n) is 5.04. The standard InChI is InChI=1S/C26H20BrIN2O4S/c1-16-3-2-4-20(11-16)29-24(31)15-34-22-10-7-18(12-21(22)27)13-23-25(32)30(26(33)35-23)14-17-5-8-19(28)9-6-17/h2-13H,14-15H2,1H3,(H,29,31)/b23-13-. The largest absolute Gasteiger partial charge is 0.483 e. The van der Waals surface area contributed by atoms with Crippen molar-refractivity contribution in [2.45, 2.75) is 13.5 Å². The number of thioether (sulfide) groups is 1. The minimum absolute atomic E-state index is 0.149. The molecule has 178 valence electrons. The van der Waals surface area contributed by atoms with Crippen LogP contribution in [0.3, 0.4) is 0 Å². The lowest BCUT2D eigenvalue weighted by Gasteiger charge is -2.12. The summed E-state index contributed by atoms with van der Waals surface area (Å²) in [6, 6.07) is 20.5. The van der Waals surface area contributed by atoms with Gasteiger partial charge in [-0.05, 0) is 116 Å². The van der Waals surface area contributed by atoms with Crippen LogP contribution in [0.1, 0.15) is 16.7 Å². The van der Waals surface area contributed by atoms with Crippen molar-refractivity contribution in [1.82, 2.24) is 4.90 Å². The number of rotatable bonds is 7. The molecule has 35 heavy (non-hydrogen) atoms. The number of halogens is 2. The number of carbonyl (C=O) groups excluding carboxylic acids is 3. The maximum atomic E-state index is 12.8. The number of nitrogens with zero attached hydrogens (tertiary/aromatic N) is 1. The van der Waals surface area contributed by atoms with Gasteiger partial charge in [0.05, 0.1) is 15.9 Å². The van der Waals surface area contributed by atoms with Gasteiger partial charge in [0, 0.05) is 9.26 Å². The van der Waals surface area contributed by atoms with E-state index in [0.717, 1.165) is 32.0 Å². The van der Waals surface area contributed by atoms with Crippen molar-refractivity contribution in [2.24, 2.45) is 0 Å². The summed E-state index contributed by atoms with van der Waals surface area (Å²) in [5.74, 6) is -0.0930. The number of aryl methyl sites for hydroxylation is 1. The van der Waals surface area contributed by atoms with E-state index in [1.807, 2.05) is 55.5 Å². The number of hydrogen-bond acceptors (Lipinski definition) is 5. The second-order valence-corrected chi connectivity index (χ2v) is 10.9. The van der Waals surface area contributed by atoms with E-state index >= 15 is 0 Å². The molecule has 3 aromatic carbocycles. The number of amides is 3. The van der Waals surface area contributed by atoms with Gasteiger partial charge in [-0.3, -0.25) is 19.3 Å². The van der Waals surface area contributed by atoms with E-state index < -0.39 is 0 Å². The fourth-order valence-corrected chi connectivity index (χ4v) is 5.06. The Kier molecular flexibility index (Phi) is 8.30. The van der Waals surface area contributed by atoms with Crippen molar-refractivity contribution in [3.63, 3.8) is 0 Å². The highest BCUT2D eigenvalue weighted by molar-refractivity contribution is 14.1. The van der Waals surface area contributed by atoms with Crippen LogP contribution in [0, 0.1) is 10.5 Å². The first kappa shape index (κ1) is 25.5. The lowest BCUT2D eigenvalue weighted by atomic mass is 10.2. The Morgan fingerprint density at radius 2 is 1.89 bits per heavy atom. The molecule has 1 N–H and O–H groups in total. The average Bonchev–Trinajstić information content (AvgIpc) is 3.07. The zero-order valence-corrected chi connectivity index (χ0v) is 23.1. The molecule has 0 radical (unpaired) electrons. The first-order valence-corrected chi connectivity index (χ1v) is 13.3. The Bertz CT molecular complexity index is 1330. The lowest BCUT2D eigenvalue weighted by molar-refractivity contribution is -0.123. The van der Waals surface area contributed by atoms with E-state index in [4.69, 9.17) is 4.74 Å². The summed E-state index contributed by atoms with van der Waals surface area (Å²) < 4.78 is 7.36. The summed E-state index contributed by atoms with van der Waals surface area (Å²) >= 11 is 6.59. The minimum Gasteiger partial charge on any atom is -0.483 e. The summed E-state index contributed by atoms with van der Waals surface area (Å²) in [6.45, 7) is 2.04. The summed E-state index contributed by atoms with van der Waals surface area (Å²) in [6.07, 6.45) is 1.68. The molecular weight excluding hydrogens is 643 g/mol. The van der Waals surface area contributed by atoms with Crippen LogP contribution in [0.25, 0.3) is 6.08 Å². The summed E-state index contributed by atoms with van der Waals surface area (Å²) in [4.78, 5) is 39.1. The molecule has 4 rings (SSSR count). The van der Waals surface area contributed by atoms with E-state index in [0.29, 0.717) is 20.8 Å². The van der Waals surface area contributed by atoms with Crippen molar-refractivity contribution < 1.29 is 19.1 Å². The average molecular weight is 663 g/mol. The Balaban J connectivity index is 1.38. The van der Waals surface area contributed by atoms with E-state index in [1.54, 1.807) is 24.3 Å². The topological polar surface area (TPSA) is 75.7 Å². The Morgan fingerprint density at radius 1 is 1.11 bits per heavy atom. The van der Waals surface area contributed by atoms with Gasteiger partial charge in [-0.15, -0.1) is 0 Å². The predicted octanol–water partition coefficient (Wildman–Crippen LogP) is 6.62. The van der Waals surface area contributed by atoms with Gasteiger partial charge in [0.15, 0.2) is 6.61 Å². The van der Waals surface area contributed by atoms with E-state index in [2.05, 4.69) is 43.8 Å². The third-order valence-corrected chi connectivity index (χ3v) is 7.29. The van der Waals surface area contributed by atoms with Crippen molar-refractivity contribution in [2.75, 3.05) is 11.9 Å². The maximum absolute atomic E-state index is 12.8. The monoisotopic (exact) mass is 662 g/mol. The quantitative estimate of drug-likeness (QED) is 0.228. The molecule has 9 heteroatoms. The van der Waals surface area contributed by atoms with Crippen molar-refractivity contribution in [3.8, 4) is 5.75 Å². The summed E-state index contributed by atoms with van der Waals surface area (Å²) in [5, 5.41) is 2.51. The normalized spacial score (nSPS) is 14.5. The van der Waals surface area contributed by atoms with Crippen LogP contribution in [-0.4, -0.2) is 28.6 Å². The van der Waals surface area contributed by atoms with Gasteiger partial charge >= 0.3 is 0 Å². The minimum atomic E-state index is -0.317. The number of anilines is 1. The molecule has 1 aliphatic rings. The number of nitrogens with one attached hydrogen (secondary N) is 1. The highest BCUT2D eigenvalue weighted by Gasteiger charge is 2.35. The van der Waals surface area contributed by atoms with Gasteiger partial charge in [0.25, 0.3) is 17.1 Å². The van der Waals surface area contributed by atoms with E-state index in [1.165, 1.54) is 4.90 Å². The molecule has 0 aliphatic carbocycles. The SMILES string of the molecule is Cc1cccc(NC(=O)COc2ccc(/C=C3\SC(=O)N(Cc4ccc(I)cc4)C3=O)cc2Br)c1. The second-order valence-electron chi connectivity index (χ2n) is 7.79. The molecule has 1 heterocycles. The van der Waals surface area contributed by atoms with Crippen molar-refractivity contribution >= 4 is 79.1 Å². The Labute approximate surface area is 229 Å². The van der Waals surface area contributed by atoms with Crippen LogP contribution < -0.4 is 10.1 Å². The Hall–Kier alpha value is -2.63. The summed E-state index contributed by atoms with van der Waals surface area (Å²) in [7, 11) is 0. The van der Waals surface area contributed by atoms with Crippen LogP contribution in [0.4, 0.5) is 10.5 Å².